The second-order valence-electron chi connectivity index (χ2n) is 5.72. The average molecular weight is 264 g/mol. The molecule has 1 aliphatic heterocycles. The average Bonchev–Trinajstić information content (AvgIpc) is 2.82. The third kappa shape index (κ3) is 3.47. The van der Waals surface area contributed by atoms with Crippen molar-refractivity contribution in [3.05, 3.63) is 29.6 Å². The van der Waals surface area contributed by atoms with E-state index in [0.717, 1.165) is 37.5 Å². The topological polar surface area (TPSA) is 15.3 Å². The molecule has 2 atom stereocenters. The number of benzene rings is 1. The van der Waals surface area contributed by atoms with Crippen LogP contribution in [0.5, 0.6) is 0 Å². The van der Waals surface area contributed by atoms with Gasteiger partial charge >= 0.3 is 0 Å². The van der Waals surface area contributed by atoms with Crippen molar-refractivity contribution in [1.82, 2.24) is 5.32 Å². The number of halogens is 1. The van der Waals surface area contributed by atoms with Crippen LogP contribution >= 0.6 is 0 Å². The summed E-state index contributed by atoms with van der Waals surface area (Å²) in [6, 6.07) is 5.40. The summed E-state index contributed by atoms with van der Waals surface area (Å²) in [5.74, 6) is 0.591. The second kappa shape index (κ2) is 6.38. The smallest absolute Gasteiger partial charge is 0.123 e. The molecule has 0 spiro atoms. The minimum Gasteiger partial charge on any atom is -0.371 e. The molecule has 2 nitrogen and oxygen atoms in total. The lowest BCUT2D eigenvalue weighted by molar-refractivity contribution is 0.561. The van der Waals surface area contributed by atoms with Gasteiger partial charge in [0.15, 0.2) is 0 Å². The molecule has 1 N–H and O–H groups in total. The van der Waals surface area contributed by atoms with Crippen LogP contribution in [0.2, 0.25) is 0 Å². The highest BCUT2D eigenvalue weighted by atomic mass is 19.1. The fourth-order valence-corrected chi connectivity index (χ4v) is 2.78. The number of hydrogen-bond acceptors (Lipinski definition) is 2. The van der Waals surface area contributed by atoms with E-state index in [1.807, 2.05) is 6.07 Å². The lowest BCUT2D eigenvalue weighted by Gasteiger charge is -2.25. The number of nitrogens with one attached hydrogen (secondary N) is 1. The molecule has 0 aliphatic carbocycles. The summed E-state index contributed by atoms with van der Waals surface area (Å²) in [4.78, 5) is 2.39. The van der Waals surface area contributed by atoms with E-state index in [4.69, 9.17) is 0 Å². The van der Waals surface area contributed by atoms with E-state index in [1.54, 1.807) is 12.1 Å². The Morgan fingerprint density at radius 1 is 1.47 bits per heavy atom. The number of rotatable bonds is 5. The first-order valence-corrected chi connectivity index (χ1v) is 7.39. The third-order valence-corrected chi connectivity index (χ3v) is 3.92. The zero-order valence-electron chi connectivity index (χ0n) is 12.2. The quantitative estimate of drug-likeness (QED) is 0.871. The van der Waals surface area contributed by atoms with Crippen LogP contribution in [0.15, 0.2) is 18.2 Å². The third-order valence-electron chi connectivity index (χ3n) is 3.92. The molecule has 0 aromatic heterocycles. The van der Waals surface area contributed by atoms with Crippen LogP contribution in [0, 0.1) is 11.7 Å². The van der Waals surface area contributed by atoms with E-state index in [1.165, 1.54) is 12.1 Å². The Kier molecular flexibility index (Phi) is 4.81. The fraction of sp³-hybridized carbons (Fsp3) is 0.625. The second-order valence-corrected chi connectivity index (χ2v) is 5.72. The van der Waals surface area contributed by atoms with Crippen molar-refractivity contribution in [3.8, 4) is 0 Å². The fourth-order valence-electron chi connectivity index (χ4n) is 2.78. The molecule has 2 unspecified atom stereocenters. The van der Waals surface area contributed by atoms with Gasteiger partial charge in [-0.1, -0.05) is 13.8 Å². The Hall–Kier alpha value is -1.09. The lowest BCUT2D eigenvalue weighted by atomic mass is 10.0. The number of nitrogens with zero attached hydrogens (tertiary/aromatic N) is 1. The van der Waals surface area contributed by atoms with E-state index in [9.17, 15) is 4.39 Å². The van der Waals surface area contributed by atoms with E-state index >= 15 is 0 Å². The first kappa shape index (κ1) is 14.3. The Morgan fingerprint density at radius 2 is 2.26 bits per heavy atom. The van der Waals surface area contributed by atoms with Gasteiger partial charge in [-0.25, -0.2) is 4.39 Å². The summed E-state index contributed by atoms with van der Waals surface area (Å²) in [5, 5.41) is 3.46. The SMILES string of the molecule is CCCNC(C)c1cc(F)ccc1N1CCC(C)C1. The van der Waals surface area contributed by atoms with Crippen LogP contribution in [-0.2, 0) is 0 Å². The molecule has 1 aliphatic rings. The Morgan fingerprint density at radius 3 is 2.89 bits per heavy atom. The number of anilines is 1. The van der Waals surface area contributed by atoms with Crippen LogP contribution in [0.3, 0.4) is 0 Å². The normalized spacial score (nSPS) is 20.8. The molecule has 0 bridgehead atoms. The van der Waals surface area contributed by atoms with Crippen molar-refractivity contribution in [2.45, 2.75) is 39.7 Å². The molecular formula is C16H25FN2. The maximum absolute atomic E-state index is 13.5. The van der Waals surface area contributed by atoms with Gasteiger partial charge in [0, 0.05) is 24.8 Å². The van der Waals surface area contributed by atoms with Crippen molar-refractivity contribution in [1.29, 1.82) is 0 Å². The van der Waals surface area contributed by atoms with Crippen molar-refractivity contribution < 1.29 is 4.39 Å². The van der Waals surface area contributed by atoms with E-state index in [-0.39, 0.29) is 11.9 Å². The summed E-state index contributed by atoms with van der Waals surface area (Å²) >= 11 is 0. The van der Waals surface area contributed by atoms with Gasteiger partial charge in [0.2, 0.25) is 0 Å². The van der Waals surface area contributed by atoms with Gasteiger partial charge in [-0.05, 0) is 56.0 Å². The van der Waals surface area contributed by atoms with Gasteiger partial charge in [-0.15, -0.1) is 0 Å². The predicted molar refractivity (Wildman–Crippen MR) is 79.1 cm³/mol. The minimum absolute atomic E-state index is 0.142. The molecular weight excluding hydrogens is 239 g/mol. The molecule has 106 valence electrons. The standard InChI is InChI=1S/C16H25FN2/c1-4-8-18-13(3)15-10-14(17)5-6-16(15)19-9-7-12(2)11-19/h5-6,10,12-13,18H,4,7-9,11H2,1-3H3. The molecule has 1 heterocycles. The monoisotopic (exact) mass is 264 g/mol. The van der Waals surface area contributed by atoms with E-state index in [2.05, 4.69) is 31.0 Å². The largest absolute Gasteiger partial charge is 0.371 e. The first-order valence-electron chi connectivity index (χ1n) is 7.39. The van der Waals surface area contributed by atoms with Crippen molar-refractivity contribution in [2.24, 2.45) is 5.92 Å². The van der Waals surface area contributed by atoms with E-state index < -0.39 is 0 Å². The zero-order chi connectivity index (χ0) is 13.8. The van der Waals surface area contributed by atoms with Crippen LogP contribution in [0.4, 0.5) is 10.1 Å². The van der Waals surface area contributed by atoms with Crippen molar-refractivity contribution >= 4 is 5.69 Å². The summed E-state index contributed by atoms with van der Waals surface area (Å²) in [6.45, 7) is 9.68. The van der Waals surface area contributed by atoms with Crippen LogP contribution in [0.25, 0.3) is 0 Å². The lowest BCUT2D eigenvalue weighted by Crippen LogP contribution is -2.25. The highest BCUT2D eigenvalue weighted by molar-refractivity contribution is 5.56. The molecule has 19 heavy (non-hydrogen) atoms. The summed E-state index contributed by atoms with van der Waals surface area (Å²) < 4.78 is 13.5. The molecule has 1 aromatic rings. The summed E-state index contributed by atoms with van der Waals surface area (Å²) in [5.41, 5.74) is 2.28. The van der Waals surface area contributed by atoms with Gasteiger partial charge in [-0.3, -0.25) is 0 Å². The Bertz CT molecular complexity index is 419. The maximum Gasteiger partial charge on any atom is 0.123 e. The van der Waals surface area contributed by atoms with Gasteiger partial charge in [0.05, 0.1) is 0 Å². The molecule has 0 amide bonds. The number of hydrogen-bond donors (Lipinski definition) is 1. The Labute approximate surface area is 116 Å². The summed E-state index contributed by atoms with van der Waals surface area (Å²) in [6.07, 6.45) is 2.32. The molecule has 0 radical (unpaired) electrons. The highest BCUT2D eigenvalue weighted by Gasteiger charge is 2.22. The Balaban J connectivity index is 2.22. The zero-order valence-corrected chi connectivity index (χ0v) is 12.2. The summed E-state index contributed by atoms with van der Waals surface area (Å²) in [7, 11) is 0. The van der Waals surface area contributed by atoms with Gasteiger partial charge in [-0.2, -0.15) is 0 Å². The molecule has 3 heteroatoms. The molecule has 2 rings (SSSR count). The molecule has 1 aromatic carbocycles. The van der Waals surface area contributed by atoms with Gasteiger partial charge in [0.1, 0.15) is 5.82 Å². The van der Waals surface area contributed by atoms with Crippen molar-refractivity contribution in [3.63, 3.8) is 0 Å². The van der Waals surface area contributed by atoms with Crippen LogP contribution in [-0.4, -0.2) is 19.6 Å². The van der Waals surface area contributed by atoms with Crippen LogP contribution in [0.1, 0.15) is 45.2 Å². The molecule has 0 saturated carbocycles. The van der Waals surface area contributed by atoms with Gasteiger partial charge in [0.25, 0.3) is 0 Å². The first-order chi connectivity index (χ1) is 9.11. The highest BCUT2D eigenvalue weighted by Crippen LogP contribution is 2.31. The maximum atomic E-state index is 13.5. The van der Waals surface area contributed by atoms with Crippen molar-refractivity contribution in [2.75, 3.05) is 24.5 Å². The van der Waals surface area contributed by atoms with Crippen LogP contribution < -0.4 is 10.2 Å². The minimum atomic E-state index is -0.142. The van der Waals surface area contributed by atoms with Gasteiger partial charge < -0.3 is 10.2 Å². The molecule has 1 saturated heterocycles. The predicted octanol–water partition coefficient (Wildman–Crippen LogP) is 3.73. The molecule has 1 fully saturated rings. The van der Waals surface area contributed by atoms with E-state index in [0.29, 0.717) is 0 Å².